The van der Waals surface area contributed by atoms with Gasteiger partial charge in [0.2, 0.25) is 0 Å². The van der Waals surface area contributed by atoms with Crippen LogP contribution in [0.2, 0.25) is 0 Å². The van der Waals surface area contributed by atoms with Crippen LogP contribution in [0.25, 0.3) is 0 Å². The Morgan fingerprint density at radius 1 is 1.32 bits per heavy atom. The van der Waals surface area contributed by atoms with Crippen LogP contribution < -0.4 is 5.32 Å². The summed E-state index contributed by atoms with van der Waals surface area (Å²) < 4.78 is 0. The highest BCUT2D eigenvalue weighted by molar-refractivity contribution is 5.12. The number of likely N-dealkylation sites (N-methyl/N-ethyl adjacent to an activating group) is 1. The highest BCUT2D eigenvalue weighted by Crippen LogP contribution is 2.17. The van der Waals surface area contributed by atoms with Gasteiger partial charge in [0.1, 0.15) is 0 Å². The van der Waals surface area contributed by atoms with E-state index in [4.69, 9.17) is 0 Å². The van der Waals surface area contributed by atoms with Gasteiger partial charge in [0.05, 0.1) is 17.4 Å². The average molecular weight is 263 g/mol. The Morgan fingerprint density at radius 3 is 2.68 bits per heavy atom. The molecule has 1 unspecified atom stereocenters. The fourth-order valence-electron chi connectivity index (χ4n) is 2.46. The lowest BCUT2D eigenvalue weighted by Crippen LogP contribution is -2.46. The molecule has 1 N–H and O–H groups in total. The molecule has 1 aliphatic rings. The van der Waals surface area contributed by atoms with Gasteiger partial charge in [0, 0.05) is 51.7 Å². The second-order valence-corrected chi connectivity index (χ2v) is 5.28. The van der Waals surface area contributed by atoms with Crippen LogP contribution >= 0.6 is 0 Å². The monoisotopic (exact) mass is 263 g/mol. The lowest BCUT2D eigenvalue weighted by atomic mass is 10.1. The third-order valence-electron chi connectivity index (χ3n) is 3.95. The predicted octanol–water partition coefficient (Wildman–Crippen LogP) is 0.683. The summed E-state index contributed by atoms with van der Waals surface area (Å²) in [6.07, 6.45) is 3.54. The lowest BCUT2D eigenvalue weighted by Gasteiger charge is -2.31. The van der Waals surface area contributed by atoms with Gasteiger partial charge in [-0.05, 0) is 20.9 Å². The maximum absolute atomic E-state index is 4.47. The number of hydrogen-bond donors (Lipinski definition) is 1. The Kier molecular flexibility index (Phi) is 5.24. The minimum Gasteiger partial charge on any atom is -0.314 e. The maximum atomic E-state index is 4.47. The normalized spacial score (nSPS) is 18.7. The van der Waals surface area contributed by atoms with Crippen LogP contribution in [0.5, 0.6) is 0 Å². The quantitative estimate of drug-likeness (QED) is 0.846. The van der Waals surface area contributed by atoms with Crippen molar-refractivity contribution in [1.82, 2.24) is 25.1 Å². The number of hydrogen-bond acceptors (Lipinski definition) is 5. The first-order valence-corrected chi connectivity index (χ1v) is 7.09. The zero-order valence-corrected chi connectivity index (χ0v) is 12.3. The van der Waals surface area contributed by atoms with E-state index in [1.54, 1.807) is 12.4 Å². The Morgan fingerprint density at radius 2 is 2.00 bits per heavy atom. The summed E-state index contributed by atoms with van der Waals surface area (Å²) in [5, 5.41) is 3.38. The molecule has 5 heteroatoms. The standard InChI is InChI=1S/C14H25N5/c1-12-14(17-5-4-16-12)13(2)18(3)10-11-19-8-6-15-7-9-19/h4-5,13,15H,6-11H2,1-3H3. The van der Waals surface area contributed by atoms with E-state index >= 15 is 0 Å². The van der Waals surface area contributed by atoms with Crippen molar-refractivity contribution >= 4 is 0 Å². The molecular formula is C14H25N5. The zero-order valence-electron chi connectivity index (χ0n) is 12.3. The van der Waals surface area contributed by atoms with Gasteiger partial charge in [-0.25, -0.2) is 0 Å². The SMILES string of the molecule is Cc1nccnc1C(C)N(C)CCN1CCNCC1. The van der Waals surface area contributed by atoms with Crippen LogP contribution in [0.4, 0.5) is 0 Å². The van der Waals surface area contributed by atoms with Crippen molar-refractivity contribution < 1.29 is 0 Å². The van der Waals surface area contributed by atoms with Crippen molar-refractivity contribution in [1.29, 1.82) is 0 Å². The minimum atomic E-state index is 0.316. The number of rotatable bonds is 5. The maximum Gasteiger partial charge on any atom is 0.0784 e. The van der Waals surface area contributed by atoms with Gasteiger partial charge >= 0.3 is 0 Å². The van der Waals surface area contributed by atoms with Crippen LogP contribution in [0.3, 0.4) is 0 Å². The Hall–Kier alpha value is -1.04. The fraction of sp³-hybridized carbons (Fsp3) is 0.714. The lowest BCUT2D eigenvalue weighted by molar-refractivity contribution is 0.181. The van der Waals surface area contributed by atoms with Crippen LogP contribution in [0.1, 0.15) is 24.4 Å². The number of nitrogens with one attached hydrogen (secondary N) is 1. The van der Waals surface area contributed by atoms with Crippen LogP contribution in [-0.4, -0.2) is 66.1 Å². The summed E-state index contributed by atoms with van der Waals surface area (Å²) in [4.78, 5) is 13.7. The van der Waals surface area contributed by atoms with E-state index in [0.29, 0.717) is 6.04 Å². The third-order valence-corrected chi connectivity index (χ3v) is 3.95. The summed E-state index contributed by atoms with van der Waals surface area (Å²) in [6.45, 7) is 11.0. The molecule has 0 amide bonds. The molecule has 2 heterocycles. The van der Waals surface area contributed by atoms with E-state index < -0.39 is 0 Å². The average Bonchev–Trinajstić information content (AvgIpc) is 2.45. The highest BCUT2D eigenvalue weighted by Gasteiger charge is 2.17. The second-order valence-electron chi connectivity index (χ2n) is 5.28. The van der Waals surface area contributed by atoms with Gasteiger partial charge in [-0.15, -0.1) is 0 Å². The topological polar surface area (TPSA) is 44.3 Å². The first-order valence-electron chi connectivity index (χ1n) is 7.09. The summed E-state index contributed by atoms with van der Waals surface area (Å²) in [7, 11) is 2.17. The molecule has 1 atom stereocenters. The molecule has 1 aromatic heterocycles. The molecule has 1 fully saturated rings. The zero-order chi connectivity index (χ0) is 13.7. The van der Waals surface area contributed by atoms with Gasteiger partial charge in [-0.2, -0.15) is 0 Å². The molecule has 0 radical (unpaired) electrons. The summed E-state index contributed by atoms with van der Waals surface area (Å²) in [6, 6.07) is 0.316. The molecule has 106 valence electrons. The van der Waals surface area contributed by atoms with Gasteiger partial charge < -0.3 is 5.32 Å². The van der Waals surface area contributed by atoms with E-state index in [2.05, 4.69) is 39.1 Å². The molecule has 0 bridgehead atoms. The molecule has 1 saturated heterocycles. The smallest absolute Gasteiger partial charge is 0.0784 e. The van der Waals surface area contributed by atoms with Gasteiger partial charge in [-0.1, -0.05) is 0 Å². The number of aromatic nitrogens is 2. The molecular weight excluding hydrogens is 238 g/mol. The highest BCUT2D eigenvalue weighted by atomic mass is 15.2. The molecule has 1 aromatic rings. The van der Waals surface area contributed by atoms with Crippen LogP contribution in [0.15, 0.2) is 12.4 Å². The third kappa shape index (κ3) is 3.96. The first-order chi connectivity index (χ1) is 9.18. The number of aryl methyl sites for hydroxylation is 1. The van der Waals surface area contributed by atoms with E-state index in [1.807, 2.05) is 6.92 Å². The Bertz CT molecular complexity index is 389. The van der Waals surface area contributed by atoms with E-state index in [9.17, 15) is 0 Å². The first kappa shape index (κ1) is 14.4. The molecule has 2 rings (SSSR count). The van der Waals surface area contributed by atoms with E-state index in [0.717, 1.165) is 50.7 Å². The van der Waals surface area contributed by atoms with Crippen molar-refractivity contribution in [2.75, 3.05) is 46.3 Å². The summed E-state index contributed by atoms with van der Waals surface area (Å²) in [5.41, 5.74) is 2.12. The molecule has 0 spiro atoms. The molecule has 5 nitrogen and oxygen atoms in total. The Balaban J connectivity index is 1.85. The van der Waals surface area contributed by atoms with Crippen molar-refractivity contribution in [2.24, 2.45) is 0 Å². The fourth-order valence-corrected chi connectivity index (χ4v) is 2.46. The number of piperazine rings is 1. The predicted molar refractivity (Wildman–Crippen MR) is 77.1 cm³/mol. The molecule has 0 aliphatic carbocycles. The van der Waals surface area contributed by atoms with Crippen molar-refractivity contribution in [3.8, 4) is 0 Å². The second kappa shape index (κ2) is 6.93. The molecule has 0 aromatic carbocycles. The molecule has 0 saturated carbocycles. The van der Waals surface area contributed by atoms with E-state index in [-0.39, 0.29) is 0 Å². The van der Waals surface area contributed by atoms with Crippen molar-refractivity contribution in [2.45, 2.75) is 19.9 Å². The number of nitrogens with zero attached hydrogens (tertiary/aromatic N) is 4. The van der Waals surface area contributed by atoms with E-state index in [1.165, 1.54) is 0 Å². The van der Waals surface area contributed by atoms with Crippen molar-refractivity contribution in [3.63, 3.8) is 0 Å². The Labute approximate surface area is 116 Å². The van der Waals surface area contributed by atoms with Crippen LogP contribution in [0, 0.1) is 6.92 Å². The minimum absolute atomic E-state index is 0.316. The largest absolute Gasteiger partial charge is 0.314 e. The summed E-state index contributed by atoms with van der Waals surface area (Å²) in [5.74, 6) is 0. The van der Waals surface area contributed by atoms with Crippen molar-refractivity contribution in [3.05, 3.63) is 23.8 Å². The van der Waals surface area contributed by atoms with Gasteiger partial charge in [-0.3, -0.25) is 19.8 Å². The van der Waals surface area contributed by atoms with Gasteiger partial charge in [0.15, 0.2) is 0 Å². The summed E-state index contributed by atoms with van der Waals surface area (Å²) >= 11 is 0. The van der Waals surface area contributed by atoms with Crippen LogP contribution in [-0.2, 0) is 0 Å². The molecule has 1 aliphatic heterocycles. The molecule has 19 heavy (non-hydrogen) atoms. The van der Waals surface area contributed by atoms with Gasteiger partial charge in [0.25, 0.3) is 0 Å².